The van der Waals surface area contributed by atoms with E-state index < -0.39 is 0 Å². The van der Waals surface area contributed by atoms with Gasteiger partial charge in [0.25, 0.3) is 5.91 Å². The van der Waals surface area contributed by atoms with Crippen LogP contribution in [0.15, 0.2) is 0 Å². The predicted octanol–water partition coefficient (Wildman–Crippen LogP) is 0.843. The average Bonchev–Trinajstić information content (AvgIpc) is 2.32. The third-order valence-electron chi connectivity index (χ3n) is 2.06. The quantitative estimate of drug-likeness (QED) is 0.712. The standard InChI is InChI=1S/C8H14N2OS2/c1-5(13-3)4-10-7(11)6(2)9-8(10)12/h5-6H,4H2,1-3H3,(H,9,12). The van der Waals surface area contributed by atoms with E-state index in [1.54, 1.807) is 16.7 Å². The molecule has 13 heavy (non-hydrogen) atoms. The highest BCUT2D eigenvalue weighted by Crippen LogP contribution is 2.12. The Bertz CT molecular complexity index is 232. The number of thioether (sulfide) groups is 1. The van der Waals surface area contributed by atoms with Gasteiger partial charge in [0.1, 0.15) is 6.04 Å². The van der Waals surface area contributed by atoms with Gasteiger partial charge in [-0.25, -0.2) is 0 Å². The van der Waals surface area contributed by atoms with Gasteiger partial charge in [-0.2, -0.15) is 11.8 Å². The Morgan fingerprint density at radius 2 is 2.38 bits per heavy atom. The Morgan fingerprint density at radius 1 is 1.77 bits per heavy atom. The summed E-state index contributed by atoms with van der Waals surface area (Å²) < 4.78 is 0. The van der Waals surface area contributed by atoms with Crippen molar-refractivity contribution in [3.8, 4) is 0 Å². The van der Waals surface area contributed by atoms with Crippen molar-refractivity contribution in [3.63, 3.8) is 0 Å². The molecule has 0 aromatic rings. The Kier molecular flexibility index (Phi) is 3.55. The molecule has 1 rings (SSSR count). The van der Waals surface area contributed by atoms with E-state index in [2.05, 4.69) is 12.2 Å². The maximum atomic E-state index is 11.5. The fourth-order valence-corrected chi connectivity index (χ4v) is 1.80. The van der Waals surface area contributed by atoms with E-state index in [4.69, 9.17) is 12.2 Å². The number of rotatable bonds is 3. The molecule has 5 heteroatoms. The molecule has 1 heterocycles. The maximum Gasteiger partial charge on any atom is 0.251 e. The van der Waals surface area contributed by atoms with E-state index in [9.17, 15) is 4.79 Å². The summed E-state index contributed by atoms with van der Waals surface area (Å²) in [5, 5.41) is 3.94. The summed E-state index contributed by atoms with van der Waals surface area (Å²) >= 11 is 6.78. The fourth-order valence-electron chi connectivity index (χ4n) is 1.16. The van der Waals surface area contributed by atoms with Crippen molar-refractivity contribution in [1.29, 1.82) is 0 Å². The summed E-state index contributed by atoms with van der Waals surface area (Å²) in [6.07, 6.45) is 2.03. The van der Waals surface area contributed by atoms with Crippen LogP contribution in [0.4, 0.5) is 0 Å². The first-order chi connectivity index (χ1) is 6.06. The van der Waals surface area contributed by atoms with Crippen molar-refractivity contribution < 1.29 is 4.79 Å². The Hall–Kier alpha value is -0.290. The van der Waals surface area contributed by atoms with Crippen molar-refractivity contribution in [1.82, 2.24) is 10.2 Å². The second-order valence-electron chi connectivity index (χ2n) is 3.17. The summed E-state index contributed by atoms with van der Waals surface area (Å²) in [7, 11) is 0. The van der Waals surface area contributed by atoms with Gasteiger partial charge in [-0.3, -0.25) is 9.69 Å². The molecule has 0 radical (unpaired) electrons. The first-order valence-electron chi connectivity index (χ1n) is 4.21. The first-order valence-corrected chi connectivity index (χ1v) is 5.90. The van der Waals surface area contributed by atoms with Gasteiger partial charge in [0.05, 0.1) is 0 Å². The molecule has 2 atom stereocenters. The number of nitrogens with one attached hydrogen (secondary N) is 1. The van der Waals surface area contributed by atoms with Gasteiger partial charge in [0.15, 0.2) is 5.11 Å². The van der Waals surface area contributed by atoms with Crippen LogP contribution in [0.25, 0.3) is 0 Å². The number of thiocarbonyl (C=S) groups is 1. The number of hydrogen-bond acceptors (Lipinski definition) is 3. The SMILES string of the molecule is CSC(C)CN1C(=O)C(C)NC1=S. The number of hydrogen-bond donors (Lipinski definition) is 1. The molecule has 1 aliphatic heterocycles. The van der Waals surface area contributed by atoms with Gasteiger partial charge in [-0.05, 0) is 25.4 Å². The number of nitrogens with zero attached hydrogens (tertiary/aromatic N) is 1. The van der Waals surface area contributed by atoms with Gasteiger partial charge in [-0.15, -0.1) is 0 Å². The summed E-state index contributed by atoms with van der Waals surface area (Å²) in [4.78, 5) is 13.2. The number of amides is 1. The summed E-state index contributed by atoms with van der Waals surface area (Å²) in [5.74, 6) is 0.0888. The van der Waals surface area contributed by atoms with Crippen molar-refractivity contribution >= 4 is 35.0 Å². The van der Waals surface area contributed by atoms with Gasteiger partial charge in [0, 0.05) is 11.8 Å². The van der Waals surface area contributed by atoms with Crippen LogP contribution in [0.3, 0.4) is 0 Å². The zero-order chi connectivity index (χ0) is 10.0. The molecule has 2 unspecified atom stereocenters. The molecule has 1 amide bonds. The lowest BCUT2D eigenvalue weighted by atomic mass is 10.3. The molecule has 3 nitrogen and oxygen atoms in total. The zero-order valence-corrected chi connectivity index (χ0v) is 9.67. The van der Waals surface area contributed by atoms with Crippen LogP contribution in [0.1, 0.15) is 13.8 Å². The molecule has 1 N–H and O–H groups in total. The lowest BCUT2D eigenvalue weighted by molar-refractivity contribution is -0.126. The molecule has 0 saturated carbocycles. The molecule has 0 spiro atoms. The lowest BCUT2D eigenvalue weighted by Gasteiger charge is -2.18. The molecule has 0 bridgehead atoms. The first kappa shape index (κ1) is 10.8. The smallest absolute Gasteiger partial charge is 0.251 e. The monoisotopic (exact) mass is 218 g/mol. The van der Waals surface area contributed by atoms with Crippen molar-refractivity contribution in [2.24, 2.45) is 0 Å². The van der Waals surface area contributed by atoms with Crippen LogP contribution < -0.4 is 5.32 Å². The molecule has 0 aromatic carbocycles. The van der Waals surface area contributed by atoms with Crippen LogP contribution >= 0.6 is 24.0 Å². The minimum Gasteiger partial charge on any atom is -0.351 e. The maximum absolute atomic E-state index is 11.5. The molecule has 1 saturated heterocycles. The zero-order valence-electron chi connectivity index (χ0n) is 8.03. The van der Waals surface area contributed by atoms with Gasteiger partial charge in [0.2, 0.25) is 0 Å². The molecule has 74 valence electrons. The highest BCUT2D eigenvalue weighted by atomic mass is 32.2. The minimum atomic E-state index is -0.151. The molecule has 0 aliphatic carbocycles. The van der Waals surface area contributed by atoms with Crippen molar-refractivity contribution in [2.75, 3.05) is 12.8 Å². The van der Waals surface area contributed by atoms with Crippen LogP contribution in [-0.2, 0) is 4.79 Å². The van der Waals surface area contributed by atoms with Gasteiger partial charge < -0.3 is 5.32 Å². The summed E-state index contributed by atoms with van der Waals surface area (Å²) in [5.41, 5.74) is 0. The average molecular weight is 218 g/mol. The lowest BCUT2D eigenvalue weighted by Crippen LogP contribution is -2.35. The fraction of sp³-hybridized carbons (Fsp3) is 0.750. The molecule has 0 aromatic heterocycles. The predicted molar refractivity (Wildman–Crippen MR) is 59.9 cm³/mol. The van der Waals surface area contributed by atoms with Crippen LogP contribution in [0, 0.1) is 0 Å². The number of carbonyl (C=O) groups excluding carboxylic acids is 1. The van der Waals surface area contributed by atoms with Gasteiger partial charge in [-0.1, -0.05) is 6.92 Å². The van der Waals surface area contributed by atoms with E-state index >= 15 is 0 Å². The summed E-state index contributed by atoms with van der Waals surface area (Å²) in [6, 6.07) is -0.151. The van der Waals surface area contributed by atoms with Crippen LogP contribution in [-0.4, -0.2) is 40.0 Å². The molecular formula is C8H14N2OS2. The Labute approximate surface area is 88.2 Å². The van der Waals surface area contributed by atoms with Crippen LogP contribution in [0.2, 0.25) is 0 Å². The molecule has 1 aliphatic rings. The third-order valence-corrected chi connectivity index (χ3v) is 3.36. The normalized spacial score (nSPS) is 24.8. The van der Waals surface area contributed by atoms with E-state index in [0.29, 0.717) is 16.9 Å². The Morgan fingerprint density at radius 3 is 2.77 bits per heavy atom. The Balaban J connectivity index is 2.59. The summed E-state index contributed by atoms with van der Waals surface area (Å²) in [6.45, 7) is 4.62. The molecule has 1 fully saturated rings. The van der Waals surface area contributed by atoms with E-state index in [-0.39, 0.29) is 11.9 Å². The highest BCUT2D eigenvalue weighted by Gasteiger charge is 2.32. The minimum absolute atomic E-state index is 0.0888. The number of carbonyl (C=O) groups is 1. The van der Waals surface area contributed by atoms with Crippen molar-refractivity contribution in [2.45, 2.75) is 25.1 Å². The second-order valence-corrected chi connectivity index (χ2v) is 4.83. The topological polar surface area (TPSA) is 32.3 Å². The van der Waals surface area contributed by atoms with Crippen LogP contribution in [0.5, 0.6) is 0 Å². The van der Waals surface area contributed by atoms with E-state index in [1.807, 2.05) is 13.2 Å². The van der Waals surface area contributed by atoms with E-state index in [0.717, 1.165) is 0 Å². The van der Waals surface area contributed by atoms with E-state index in [1.165, 1.54) is 0 Å². The van der Waals surface area contributed by atoms with Gasteiger partial charge >= 0.3 is 0 Å². The highest BCUT2D eigenvalue weighted by molar-refractivity contribution is 7.99. The largest absolute Gasteiger partial charge is 0.351 e. The molecular weight excluding hydrogens is 204 g/mol. The second kappa shape index (κ2) is 4.28. The van der Waals surface area contributed by atoms with Crippen molar-refractivity contribution in [3.05, 3.63) is 0 Å². The third kappa shape index (κ3) is 2.34.